The summed E-state index contributed by atoms with van der Waals surface area (Å²) >= 11 is 0.541. The van der Waals surface area contributed by atoms with E-state index >= 15 is 0 Å². The lowest BCUT2D eigenvalue weighted by Gasteiger charge is -2.10. The minimum Gasteiger partial charge on any atom is -0.322 e. The second-order valence-corrected chi connectivity index (χ2v) is 12.4. The van der Waals surface area contributed by atoms with Crippen molar-refractivity contribution in [1.29, 1.82) is 0 Å². The molecule has 0 atom stereocenters. The van der Waals surface area contributed by atoms with Crippen LogP contribution in [-0.2, 0) is 19.5 Å². The van der Waals surface area contributed by atoms with Gasteiger partial charge in [0.15, 0.2) is 0 Å². The molecule has 0 heterocycles. The minimum atomic E-state index is -4.65. The number of nitrogens with one attached hydrogen (secondary N) is 1. The number of carbonyl (C=O) groups excluding carboxylic acids is 1. The lowest BCUT2D eigenvalue weighted by atomic mass is 10.1. The summed E-state index contributed by atoms with van der Waals surface area (Å²) in [6.45, 7) is 3.82. The summed E-state index contributed by atoms with van der Waals surface area (Å²) in [5.41, 5.74) is 5.67. The number of anilines is 1. The fourth-order valence-corrected chi connectivity index (χ4v) is 5.80. The molecule has 0 aliphatic heterocycles. The number of azo groups is 3. The fourth-order valence-electron chi connectivity index (χ4n) is 4.54. The van der Waals surface area contributed by atoms with E-state index in [0.717, 1.165) is 28.6 Å². The maximum atomic E-state index is 13.0. The van der Waals surface area contributed by atoms with Crippen molar-refractivity contribution in [3.8, 4) is 0 Å². The fraction of sp³-hybridized carbons (Fsp3) is 0.0938. The van der Waals surface area contributed by atoms with E-state index in [-0.39, 0.29) is 10.3 Å². The van der Waals surface area contributed by atoms with Gasteiger partial charge in [-0.25, -0.2) is 5.26 Å². The van der Waals surface area contributed by atoms with Crippen molar-refractivity contribution >= 4 is 73.0 Å². The third kappa shape index (κ3) is 8.56. The van der Waals surface area contributed by atoms with Gasteiger partial charge in [0.2, 0.25) is 0 Å². The topological polar surface area (TPSA) is 196 Å². The summed E-state index contributed by atoms with van der Waals surface area (Å²) in [7, 11) is -3.03. The van der Waals surface area contributed by atoms with E-state index in [1.165, 1.54) is 6.07 Å². The van der Waals surface area contributed by atoms with Crippen molar-refractivity contribution in [3.05, 3.63) is 108 Å². The third-order valence-corrected chi connectivity index (χ3v) is 8.29. The zero-order chi connectivity index (χ0) is 34.3. The molecule has 244 valence electrons. The van der Waals surface area contributed by atoms with Crippen LogP contribution in [0.25, 0.3) is 10.8 Å². The van der Waals surface area contributed by atoms with Crippen LogP contribution < -0.4 is 5.32 Å². The maximum Gasteiger partial charge on any atom is 0.295 e. The normalized spacial score (nSPS) is 12.1. The van der Waals surface area contributed by atoms with Crippen LogP contribution in [0.3, 0.4) is 0 Å². The number of rotatable bonds is 11. The van der Waals surface area contributed by atoms with Crippen LogP contribution in [0, 0.1) is 13.8 Å². The molecule has 48 heavy (non-hydrogen) atoms. The van der Waals surface area contributed by atoms with Crippen LogP contribution >= 0.6 is 12.0 Å². The molecule has 1 amide bonds. The van der Waals surface area contributed by atoms with E-state index in [9.17, 15) is 17.8 Å². The number of benzene rings is 5. The standard InChI is InChI=1S/C32H27N7O7S2/c1-19-14-25(35-33-3)10-12-30(19)39-37-26-11-13-29(20(2)15-26)38-36-23-7-4-21(5-8-23)32(40)34-24-9-6-22-16-27(47-46-45-41)18-31(28(22)17-24)48(42,43)44/h4-18,41H,1-3H3,(H,34,40)(H,42,43,44). The molecule has 0 radical (unpaired) electrons. The molecule has 0 aliphatic rings. The monoisotopic (exact) mass is 685 g/mol. The number of nitrogens with zero attached hydrogens (tertiary/aromatic N) is 6. The van der Waals surface area contributed by atoms with Gasteiger partial charge in [-0.3, -0.25) is 9.35 Å². The van der Waals surface area contributed by atoms with Gasteiger partial charge < -0.3 is 5.32 Å². The molecule has 0 fully saturated rings. The molecular formula is C32H27N7O7S2. The summed E-state index contributed by atoms with van der Waals surface area (Å²) in [6, 6.07) is 24.7. The quantitative estimate of drug-likeness (QED) is 0.0401. The maximum absolute atomic E-state index is 13.0. The molecule has 0 saturated carbocycles. The molecule has 0 spiro atoms. The Morgan fingerprint density at radius 2 is 1.35 bits per heavy atom. The predicted octanol–water partition coefficient (Wildman–Crippen LogP) is 9.93. The highest BCUT2D eigenvalue weighted by Gasteiger charge is 2.18. The van der Waals surface area contributed by atoms with Gasteiger partial charge in [-0.1, -0.05) is 11.1 Å². The van der Waals surface area contributed by atoms with Crippen molar-refractivity contribution in [2.24, 2.45) is 30.7 Å². The van der Waals surface area contributed by atoms with Gasteiger partial charge >= 0.3 is 0 Å². The predicted molar refractivity (Wildman–Crippen MR) is 180 cm³/mol. The first kappa shape index (κ1) is 34.1. The highest BCUT2D eigenvalue weighted by Crippen LogP contribution is 2.33. The molecule has 16 heteroatoms. The second kappa shape index (κ2) is 15.1. The van der Waals surface area contributed by atoms with E-state index in [4.69, 9.17) is 5.26 Å². The number of amides is 1. The van der Waals surface area contributed by atoms with E-state index in [2.05, 4.69) is 45.4 Å². The van der Waals surface area contributed by atoms with Crippen molar-refractivity contribution < 1.29 is 32.4 Å². The SMILES string of the molecule is CN=Nc1ccc(N=Nc2ccc(N=Nc3ccc(C(=O)Nc4ccc5cc(SOOO)cc(S(=O)(=O)O)c5c4)cc3)c(C)c2)c(C)c1. The van der Waals surface area contributed by atoms with Crippen LogP contribution in [0.2, 0.25) is 0 Å². The van der Waals surface area contributed by atoms with Crippen molar-refractivity contribution in [1.82, 2.24) is 0 Å². The Balaban J connectivity index is 1.25. The summed E-state index contributed by atoms with van der Waals surface area (Å²) in [6.07, 6.45) is 0. The van der Waals surface area contributed by atoms with Gasteiger partial charge in [-0.05, 0) is 115 Å². The van der Waals surface area contributed by atoms with Gasteiger partial charge in [-0.15, -0.1) is 4.33 Å². The lowest BCUT2D eigenvalue weighted by molar-refractivity contribution is -0.432. The van der Waals surface area contributed by atoms with E-state index in [0.29, 0.717) is 45.7 Å². The second-order valence-electron chi connectivity index (χ2n) is 10.2. The highest BCUT2D eigenvalue weighted by atomic mass is 32.2. The molecule has 0 bridgehead atoms. The average molecular weight is 686 g/mol. The summed E-state index contributed by atoms with van der Waals surface area (Å²) in [5.74, 6) is -0.454. The van der Waals surface area contributed by atoms with Crippen LogP contribution in [-0.4, -0.2) is 31.2 Å². The minimum absolute atomic E-state index is 0.160. The number of hydrogen-bond donors (Lipinski definition) is 3. The molecule has 5 rings (SSSR count). The molecule has 3 N–H and O–H groups in total. The Morgan fingerprint density at radius 1 is 0.750 bits per heavy atom. The first-order valence-electron chi connectivity index (χ1n) is 14.0. The molecule has 0 saturated heterocycles. The van der Waals surface area contributed by atoms with E-state index < -0.39 is 20.9 Å². The van der Waals surface area contributed by atoms with Gasteiger partial charge in [0, 0.05) is 28.6 Å². The molecule has 0 unspecified atom stereocenters. The van der Waals surface area contributed by atoms with Crippen LogP contribution in [0.1, 0.15) is 21.5 Å². The Morgan fingerprint density at radius 3 is 1.94 bits per heavy atom. The molecule has 5 aromatic rings. The van der Waals surface area contributed by atoms with Crippen LogP contribution in [0.15, 0.2) is 131 Å². The van der Waals surface area contributed by atoms with Crippen molar-refractivity contribution in [2.75, 3.05) is 12.4 Å². The summed E-state index contributed by atoms with van der Waals surface area (Å²) in [5, 5.41) is 40.3. The van der Waals surface area contributed by atoms with Crippen molar-refractivity contribution in [2.45, 2.75) is 23.6 Å². The van der Waals surface area contributed by atoms with Gasteiger partial charge in [0.25, 0.3) is 16.0 Å². The van der Waals surface area contributed by atoms with E-state index in [1.807, 2.05) is 38.1 Å². The third-order valence-electron chi connectivity index (χ3n) is 6.84. The Labute approximate surface area is 279 Å². The number of carbonyl (C=O) groups is 1. The van der Waals surface area contributed by atoms with Gasteiger partial charge in [-0.2, -0.15) is 39.1 Å². The number of fused-ring (bicyclic) bond motifs is 1. The van der Waals surface area contributed by atoms with Gasteiger partial charge in [0.05, 0.1) is 40.5 Å². The lowest BCUT2D eigenvalue weighted by Crippen LogP contribution is -2.11. The number of hydrogen-bond acceptors (Lipinski definition) is 13. The molecular weight excluding hydrogens is 659 g/mol. The van der Waals surface area contributed by atoms with Gasteiger partial charge in [0.1, 0.15) is 4.90 Å². The molecule has 0 aromatic heterocycles. The zero-order valence-corrected chi connectivity index (χ0v) is 27.2. The van der Waals surface area contributed by atoms with Crippen molar-refractivity contribution in [3.63, 3.8) is 0 Å². The largest absolute Gasteiger partial charge is 0.322 e. The Kier molecular flexibility index (Phi) is 10.7. The van der Waals surface area contributed by atoms with Crippen LogP contribution in [0.4, 0.5) is 34.1 Å². The molecule has 5 aromatic carbocycles. The zero-order valence-electron chi connectivity index (χ0n) is 25.6. The van der Waals surface area contributed by atoms with E-state index in [1.54, 1.807) is 61.6 Å². The van der Waals surface area contributed by atoms with Crippen LogP contribution in [0.5, 0.6) is 0 Å². The smallest absolute Gasteiger partial charge is 0.295 e. The Hall–Kier alpha value is -5.23. The first-order chi connectivity index (χ1) is 23.0. The average Bonchev–Trinajstić information content (AvgIpc) is 3.06. The highest BCUT2D eigenvalue weighted by molar-refractivity contribution is 7.94. The molecule has 14 nitrogen and oxygen atoms in total. The summed E-state index contributed by atoms with van der Waals surface area (Å²) < 4.78 is 38.2. The summed E-state index contributed by atoms with van der Waals surface area (Å²) in [4.78, 5) is 12.8. The Bertz CT molecular complexity index is 2190. The number of aryl methyl sites for hydroxylation is 2. The molecule has 0 aliphatic carbocycles. The first-order valence-corrected chi connectivity index (χ1v) is 16.2.